The number of aromatic nitrogens is 1. The summed E-state index contributed by atoms with van der Waals surface area (Å²) >= 11 is 1.54. The van der Waals surface area contributed by atoms with Crippen LogP contribution in [0, 0.1) is 6.92 Å². The fourth-order valence-corrected chi connectivity index (χ4v) is 4.46. The smallest absolute Gasteiger partial charge is 0.260 e. The summed E-state index contributed by atoms with van der Waals surface area (Å²) in [6.45, 7) is 11.1. The van der Waals surface area contributed by atoms with Crippen molar-refractivity contribution in [1.29, 1.82) is 0 Å². The van der Waals surface area contributed by atoms with Crippen molar-refractivity contribution in [3.63, 3.8) is 0 Å². The maximum absolute atomic E-state index is 13.1. The lowest BCUT2D eigenvalue weighted by Gasteiger charge is -2.34. The summed E-state index contributed by atoms with van der Waals surface area (Å²) in [4.78, 5) is 31.0. The zero-order valence-corrected chi connectivity index (χ0v) is 15.5. The van der Waals surface area contributed by atoms with Crippen LogP contribution in [0.3, 0.4) is 0 Å². The highest BCUT2D eigenvalue weighted by Gasteiger charge is 2.27. The zero-order chi connectivity index (χ0) is 17.3. The molecular weight excluding hydrogens is 322 g/mol. The standard InChI is InChI=1S/C18H25N3O2S/c1-4-7-19-9-11-21(12-10-19)17(22)15-13(3)24-14-6-8-20(5-2)18(23)16(14)15/h6,8H,4-5,7,9-12H2,1-3H3. The molecule has 2 aromatic heterocycles. The van der Waals surface area contributed by atoms with Crippen LogP contribution >= 0.6 is 11.3 Å². The van der Waals surface area contributed by atoms with Gasteiger partial charge in [-0.2, -0.15) is 0 Å². The Labute approximate surface area is 146 Å². The van der Waals surface area contributed by atoms with Crippen LogP contribution in [0.4, 0.5) is 0 Å². The average Bonchev–Trinajstić information content (AvgIpc) is 2.92. The first kappa shape index (κ1) is 17.2. The molecule has 0 bridgehead atoms. The molecule has 0 spiro atoms. The van der Waals surface area contributed by atoms with Gasteiger partial charge in [0, 0.05) is 48.5 Å². The summed E-state index contributed by atoms with van der Waals surface area (Å²) < 4.78 is 2.58. The lowest BCUT2D eigenvalue weighted by Crippen LogP contribution is -2.49. The second kappa shape index (κ2) is 7.07. The van der Waals surface area contributed by atoms with Crippen LogP contribution < -0.4 is 5.56 Å². The molecule has 1 amide bonds. The largest absolute Gasteiger partial charge is 0.336 e. The predicted molar refractivity (Wildman–Crippen MR) is 99.1 cm³/mol. The van der Waals surface area contributed by atoms with Gasteiger partial charge >= 0.3 is 0 Å². The third-order valence-electron chi connectivity index (χ3n) is 4.75. The molecule has 0 aromatic carbocycles. The molecule has 6 heteroatoms. The second-order valence-electron chi connectivity index (χ2n) is 6.31. The third kappa shape index (κ3) is 3.00. The van der Waals surface area contributed by atoms with Crippen LogP contribution in [0.2, 0.25) is 0 Å². The van der Waals surface area contributed by atoms with Crippen molar-refractivity contribution < 1.29 is 4.79 Å². The van der Waals surface area contributed by atoms with E-state index in [-0.39, 0.29) is 11.5 Å². The second-order valence-corrected chi connectivity index (χ2v) is 7.57. The summed E-state index contributed by atoms with van der Waals surface area (Å²) in [5.74, 6) is 0.0147. The summed E-state index contributed by atoms with van der Waals surface area (Å²) in [6, 6.07) is 1.95. The molecular formula is C18H25N3O2S. The molecule has 0 N–H and O–H groups in total. The van der Waals surface area contributed by atoms with Gasteiger partial charge in [0.15, 0.2) is 0 Å². The van der Waals surface area contributed by atoms with Crippen molar-refractivity contribution in [3.8, 4) is 0 Å². The van der Waals surface area contributed by atoms with Gasteiger partial charge < -0.3 is 9.47 Å². The highest BCUT2D eigenvalue weighted by atomic mass is 32.1. The molecule has 0 radical (unpaired) electrons. The summed E-state index contributed by atoms with van der Waals surface area (Å²) in [5, 5.41) is 0.600. The van der Waals surface area contributed by atoms with E-state index in [9.17, 15) is 9.59 Å². The van der Waals surface area contributed by atoms with E-state index in [1.54, 1.807) is 15.9 Å². The van der Waals surface area contributed by atoms with E-state index in [2.05, 4.69) is 11.8 Å². The van der Waals surface area contributed by atoms with Gasteiger partial charge in [-0.1, -0.05) is 6.92 Å². The fraction of sp³-hybridized carbons (Fsp3) is 0.556. The van der Waals surface area contributed by atoms with E-state index >= 15 is 0 Å². The number of fused-ring (bicyclic) bond motifs is 1. The number of piperazine rings is 1. The first-order valence-corrected chi connectivity index (χ1v) is 9.52. The topological polar surface area (TPSA) is 45.5 Å². The maximum atomic E-state index is 13.1. The first-order valence-electron chi connectivity index (χ1n) is 8.71. The van der Waals surface area contributed by atoms with E-state index in [1.165, 1.54) is 0 Å². The Bertz CT molecular complexity index is 800. The highest BCUT2D eigenvalue weighted by molar-refractivity contribution is 7.19. The number of rotatable bonds is 4. The number of carbonyl (C=O) groups excluding carboxylic acids is 1. The van der Waals surface area contributed by atoms with Gasteiger partial charge in [-0.05, 0) is 32.9 Å². The van der Waals surface area contributed by atoms with Gasteiger partial charge in [-0.25, -0.2) is 0 Å². The third-order valence-corrected chi connectivity index (χ3v) is 5.82. The summed E-state index contributed by atoms with van der Waals surface area (Å²) in [5.41, 5.74) is 0.569. The van der Waals surface area contributed by atoms with E-state index in [0.29, 0.717) is 17.5 Å². The van der Waals surface area contributed by atoms with E-state index < -0.39 is 0 Å². The molecule has 130 valence electrons. The number of nitrogens with zero attached hydrogens (tertiary/aromatic N) is 3. The van der Waals surface area contributed by atoms with Gasteiger partial charge in [0.05, 0.1) is 10.9 Å². The quantitative estimate of drug-likeness (QED) is 0.854. The van der Waals surface area contributed by atoms with E-state index in [4.69, 9.17) is 0 Å². The molecule has 0 atom stereocenters. The lowest BCUT2D eigenvalue weighted by molar-refractivity contribution is 0.0639. The van der Waals surface area contributed by atoms with Gasteiger partial charge in [0.1, 0.15) is 0 Å². The van der Waals surface area contributed by atoms with Gasteiger partial charge in [0.25, 0.3) is 11.5 Å². The van der Waals surface area contributed by atoms with Crippen LogP contribution in [0.1, 0.15) is 35.5 Å². The van der Waals surface area contributed by atoms with Crippen molar-refractivity contribution >= 4 is 27.3 Å². The van der Waals surface area contributed by atoms with Crippen molar-refractivity contribution in [2.75, 3.05) is 32.7 Å². The van der Waals surface area contributed by atoms with Crippen molar-refractivity contribution in [2.24, 2.45) is 0 Å². The van der Waals surface area contributed by atoms with Crippen molar-refractivity contribution in [1.82, 2.24) is 14.4 Å². The fourth-order valence-electron chi connectivity index (χ4n) is 3.42. The molecule has 24 heavy (non-hydrogen) atoms. The Morgan fingerprint density at radius 3 is 2.54 bits per heavy atom. The van der Waals surface area contributed by atoms with Crippen LogP contribution in [0.25, 0.3) is 10.1 Å². The number of hydrogen-bond donors (Lipinski definition) is 0. The molecule has 1 aliphatic heterocycles. The molecule has 5 nitrogen and oxygen atoms in total. The number of pyridine rings is 1. The molecule has 3 rings (SSSR count). The minimum Gasteiger partial charge on any atom is -0.336 e. The molecule has 0 aliphatic carbocycles. The molecule has 0 unspecified atom stereocenters. The van der Waals surface area contributed by atoms with Crippen molar-refractivity contribution in [2.45, 2.75) is 33.7 Å². The SMILES string of the molecule is CCCN1CCN(C(=O)c2c(C)sc3ccn(CC)c(=O)c23)CC1. The maximum Gasteiger partial charge on any atom is 0.260 e. The zero-order valence-electron chi connectivity index (χ0n) is 14.7. The lowest BCUT2D eigenvalue weighted by atomic mass is 10.1. The van der Waals surface area contributed by atoms with E-state index in [1.807, 2.05) is 31.0 Å². The average molecular weight is 347 g/mol. The Kier molecular flexibility index (Phi) is 5.06. The Balaban J connectivity index is 1.93. The Hall–Kier alpha value is -1.66. The Morgan fingerprint density at radius 2 is 1.92 bits per heavy atom. The first-order chi connectivity index (χ1) is 11.6. The predicted octanol–water partition coefficient (Wildman–Crippen LogP) is 2.56. The highest BCUT2D eigenvalue weighted by Crippen LogP contribution is 2.29. The van der Waals surface area contributed by atoms with Gasteiger partial charge in [0.2, 0.25) is 0 Å². The molecule has 2 aromatic rings. The normalized spacial score (nSPS) is 16.0. The number of aryl methyl sites for hydroxylation is 2. The number of hydrogen-bond acceptors (Lipinski definition) is 4. The van der Waals surface area contributed by atoms with Crippen LogP contribution in [0.15, 0.2) is 17.1 Å². The summed E-state index contributed by atoms with van der Waals surface area (Å²) in [7, 11) is 0. The van der Waals surface area contributed by atoms with Gasteiger partial charge in [-0.3, -0.25) is 14.5 Å². The molecule has 1 aliphatic rings. The van der Waals surface area contributed by atoms with E-state index in [0.717, 1.165) is 48.7 Å². The monoisotopic (exact) mass is 347 g/mol. The summed E-state index contributed by atoms with van der Waals surface area (Å²) in [6.07, 6.45) is 2.96. The molecule has 1 fully saturated rings. The minimum absolute atomic E-state index is 0.0147. The molecule has 1 saturated heterocycles. The van der Waals surface area contributed by atoms with Crippen LogP contribution in [0.5, 0.6) is 0 Å². The van der Waals surface area contributed by atoms with Crippen LogP contribution in [-0.4, -0.2) is 53.0 Å². The number of carbonyl (C=O) groups is 1. The van der Waals surface area contributed by atoms with Crippen molar-refractivity contribution in [3.05, 3.63) is 33.1 Å². The molecule has 3 heterocycles. The Morgan fingerprint density at radius 1 is 1.21 bits per heavy atom. The minimum atomic E-state index is -0.0488. The molecule has 0 saturated carbocycles. The van der Waals surface area contributed by atoms with Crippen LogP contribution in [-0.2, 0) is 6.54 Å². The number of amides is 1. The van der Waals surface area contributed by atoms with Gasteiger partial charge in [-0.15, -0.1) is 11.3 Å². The number of thiophene rings is 1.